The molecule has 1 rings (SSSR count). The van der Waals surface area contributed by atoms with E-state index in [-0.39, 0.29) is 18.9 Å². The lowest BCUT2D eigenvalue weighted by Crippen LogP contribution is -2.57. The third kappa shape index (κ3) is 6.53. The fraction of sp³-hybridized carbons (Fsp3) is 0.812. The fourth-order valence-corrected chi connectivity index (χ4v) is 2.71. The summed E-state index contributed by atoms with van der Waals surface area (Å²) in [6.45, 7) is 3.84. The molecule has 0 aromatic heterocycles. The van der Waals surface area contributed by atoms with Crippen molar-refractivity contribution in [2.24, 2.45) is 11.7 Å². The van der Waals surface area contributed by atoms with E-state index in [0.717, 1.165) is 6.42 Å². The molecule has 0 fully saturated rings. The van der Waals surface area contributed by atoms with Crippen LogP contribution in [0.2, 0.25) is 0 Å². The molecule has 2 amide bonds. The third-order valence-electron chi connectivity index (χ3n) is 4.73. The summed E-state index contributed by atoms with van der Waals surface area (Å²) < 4.78 is 0. The van der Waals surface area contributed by atoms with E-state index in [1.807, 2.05) is 13.8 Å². The minimum absolute atomic E-state index is 0.00317. The number of rotatable bonds is 9. The van der Waals surface area contributed by atoms with Crippen molar-refractivity contribution < 1.29 is 30.3 Å². The number of nitrogens with two attached hydrogens (primary N) is 1. The average Bonchev–Trinajstić information content (AvgIpc) is 2.56. The molecule has 9 N–H and O–H groups in total. The molecule has 25 heavy (non-hydrogen) atoms. The zero-order chi connectivity index (χ0) is 19.1. The van der Waals surface area contributed by atoms with E-state index < -0.39 is 48.6 Å². The largest absolute Gasteiger partial charge is 0.393 e. The van der Waals surface area contributed by atoms with Crippen molar-refractivity contribution in [2.75, 3.05) is 6.54 Å². The van der Waals surface area contributed by atoms with E-state index in [9.17, 15) is 30.3 Å². The van der Waals surface area contributed by atoms with Gasteiger partial charge in [0.25, 0.3) is 0 Å². The second-order valence-corrected chi connectivity index (χ2v) is 6.66. The first-order valence-electron chi connectivity index (χ1n) is 8.55. The Kier molecular flexibility index (Phi) is 8.77. The van der Waals surface area contributed by atoms with Gasteiger partial charge in [-0.2, -0.15) is 0 Å². The van der Waals surface area contributed by atoms with Crippen LogP contribution in [0.3, 0.4) is 0 Å². The number of amides is 2. The van der Waals surface area contributed by atoms with Crippen LogP contribution in [-0.4, -0.2) is 80.7 Å². The van der Waals surface area contributed by atoms with Crippen molar-refractivity contribution in [1.29, 1.82) is 0 Å². The van der Waals surface area contributed by atoms with E-state index in [1.165, 1.54) is 12.2 Å². The van der Waals surface area contributed by atoms with Gasteiger partial charge >= 0.3 is 6.03 Å². The summed E-state index contributed by atoms with van der Waals surface area (Å²) in [6, 6.07) is -2.28. The van der Waals surface area contributed by atoms with Crippen molar-refractivity contribution in [2.45, 2.75) is 69.3 Å². The number of aliphatic hydroxyl groups excluding tert-OH is 5. The lowest BCUT2D eigenvalue weighted by molar-refractivity contribution is -0.0572. The molecule has 0 aromatic carbocycles. The van der Waals surface area contributed by atoms with Crippen LogP contribution in [0.25, 0.3) is 0 Å². The highest BCUT2D eigenvalue weighted by molar-refractivity contribution is 5.72. The highest BCUT2D eigenvalue weighted by atomic mass is 16.4. The maximum absolute atomic E-state index is 11.2. The second kappa shape index (κ2) is 10.0. The van der Waals surface area contributed by atoms with Crippen LogP contribution in [-0.2, 0) is 0 Å². The van der Waals surface area contributed by atoms with Gasteiger partial charge in [-0.1, -0.05) is 32.4 Å². The molecule has 0 radical (unpaired) electrons. The second-order valence-electron chi connectivity index (χ2n) is 6.66. The Labute approximate surface area is 147 Å². The Morgan fingerprint density at radius 2 is 1.80 bits per heavy atom. The van der Waals surface area contributed by atoms with Crippen molar-refractivity contribution in [3.05, 3.63) is 12.2 Å². The standard InChI is InChI=1S/C16H31N3O6/c1-3-8(2)12(21)6-13(22)10(19-16(17)25)7-18-9-4-5-11(20)15(24)14(9)23/h4-5,8-15,18,20-24H,3,6-7H2,1-2H3,(H3,17,19,25). The number of hydrogen-bond donors (Lipinski definition) is 8. The van der Waals surface area contributed by atoms with E-state index in [4.69, 9.17) is 5.73 Å². The first-order chi connectivity index (χ1) is 11.7. The lowest BCUT2D eigenvalue weighted by atomic mass is 9.92. The Morgan fingerprint density at radius 3 is 2.36 bits per heavy atom. The Hall–Kier alpha value is -1.23. The molecule has 1 aliphatic rings. The fourth-order valence-electron chi connectivity index (χ4n) is 2.71. The van der Waals surface area contributed by atoms with Gasteiger partial charge in [-0.25, -0.2) is 4.79 Å². The number of urea groups is 1. The molecule has 0 bridgehead atoms. The summed E-state index contributed by atoms with van der Waals surface area (Å²) in [6.07, 6.45) is -1.83. The summed E-state index contributed by atoms with van der Waals surface area (Å²) >= 11 is 0. The van der Waals surface area contributed by atoms with Gasteiger partial charge in [-0.15, -0.1) is 0 Å². The van der Waals surface area contributed by atoms with Crippen LogP contribution in [0.1, 0.15) is 26.7 Å². The highest BCUT2D eigenvalue weighted by Crippen LogP contribution is 2.16. The number of primary amides is 1. The van der Waals surface area contributed by atoms with Crippen LogP contribution < -0.4 is 16.4 Å². The summed E-state index contributed by atoms with van der Waals surface area (Å²) in [5, 5.41) is 54.8. The molecule has 0 aromatic rings. The molecule has 0 saturated heterocycles. The summed E-state index contributed by atoms with van der Waals surface area (Å²) in [7, 11) is 0. The van der Waals surface area contributed by atoms with Crippen LogP contribution in [0.4, 0.5) is 4.79 Å². The van der Waals surface area contributed by atoms with Gasteiger partial charge in [0.1, 0.15) is 18.3 Å². The SMILES string of the molecule is CCC(C)C(O)CC(O)C(CNC1C=CC(O)C(O)C1O)NC(N)=O. The first-order valence-corrected chi connectivity index (χ1v) is 8.55. The topological polar surface area (TPSA) is 168 Å². The molecular formula is C16H31N3O6. The minimum Gasteiger partial charge on any atom is -0.393 e. The van der Waals surface area contributed by atoms with Gasteiger partial charge in [0.2, 0.25) is 0 Å². The molecule has 9 heteroatoms. The number of carbonyl (C=O) groups is 1. The molecule has 0 spiro atoms. The smallest absolute Gasteiger partial charge is 0.312 e. The van der Waals surface area contributed by atoms with Crippen molar-refractivity contribution in [3.8, 4) is 0 Å². The number of hydrogen-bond acceptors (Lipinski definition) is 7. The Balaban J connectivity index is 2.66. The van der Waals surface area contributed by atoms with Gasteiger partial charge in [0.15, 0.2) is 0 Å². The lowest BCUT2D eigenvalue weighted by Gasteiger charge is -2.33. The Bertz CT molecular complexity index is 450. The number of aliphatic hydroxyl groups is 5. The van der Waals surface area contributed by atoms with E-state index in [1.54, 1.807) is 0 Å². The van der Waals surface area contributed by atoms with E-state index in [0.29, 0.717) is 0 Å². The normalized spacial score (nSPS) is 31.2. The van der Waals surface area contributed by atoms with Gasteiger partial charge in [0, 0.05) is 13.0 Å². The molecule has 0 aliphatic heterocycles. The quantitative estimate of drug-likeness (QED) is 0.215. The van der Waals surface area contributed by atoms with Gasteiger partial charge < -0.3 is 41.9 Å². The zero-order valence-electron chi connectivity index (χ0n) is 14.6. The average molecular weight is 361 g/mol. The summed E-state index contributed by atoms with van der Waals surface area (Å²) in [5.74, 6) is -0.00317. The molecule has 1 aliphatic carbocycles. The van der Waals surface area contributed by atoms with Crippen LogP contribution >= 0.6 is 0 Å². The van der Waals surface area contributed by atoms with Gasteiger partial charge in [0.05, 0.1) is 24.3 Å². The van der Waals surface area contributed by atoms with Crippen molar-refractivity contribution in [1.82, 2.24) is 10.6 Å². The summed E-state index contributed by atoms with van der Waals surface area (Å²) in [5.41, 5.74) is 5.14. The molecular weight excluding hydrogens is 330 g/mol. The van der Waals surface area contributed by atoms with Crippen LogP contribution in [0.15, 0.2) is 12.2 Å². The number of nitrogens with one attached hydrogen (secondary N) is 2. The van der Waals surface area contributed by atoms with Crippen molar-refractivity contribution >= 4 is 6.03 Å². The third-order valence-corrected chi connectivity index (χ3v) is 4.73. The zero-order valence-corrected chi connectivity index (χ0v) is 14.6. The molecule has 0 heterocycles. The van der Waals surface area contributed by atoms with Crippen LogP contribution in [0.5, 0.6) is 0 Å². The monoisotopic (exact) mass is 361 g/mol. The molecule has 146 valence electrons. The van der Waals surface area contributed by atoms with E-state index in [2.05, 4.69) is 10.6 Å². The maximum Gasteiger partial charge on any atom is 0.312 e. The number of carbonyl (C=O) groups excluding carboxylic acids is 1. The Morgan fingerprint density at radius 1 is 1.16 bits per heavy atom. The molecule has 8 atom stereocenters. The predicted octanol–water partition coefficient (Wildman–Crippen LogP) is -2.21. The van der Waals surface area contributed by atoms with Gasteiger partial charge in [-0.05, 0) is 5.92 Å². The molecule has 8 unspecified atom stereocenters. The molecule has 0 saturated carbocycles. The maximum atomic E-state index is 11.2. The molecule has 9 nitrogen and oxygen atoms in total. The van der Waals surface area contributed by atoms with Gasteiger partial charge in [-0.3, -0.25) is 0 Å². The minimum atomic E-state index is -1.33. The summed E-state index contributed by atoms with van der Waals surface area (Å²) in [4.78, 5) is 11.2. The predicted molar refractivity (Wildman–Crippen MR) is 91.5 cm³/mol. The highest BCUT2D eigenvalue weighted by Gasteiger charge is 2.33. The van der Waals surface area contributed by atoms with Crippen molar-refractivity contribution in [3.63, 3.8) is 0 Å². The van der Waals surface area contributed by atoms with Crippen LogP contribution in [0, 0.1) is 5.92 Å². The first kappa shape index (κ1) is 21.8. The van der Waals surface area contributed by atoms with E-state index >= 15 is 0 Å².